The number of unbranched alkanes of at least 4 members (excludes halogenated alkanes) is 5. The summed E-state index contributed by atoms with van der Waals surface area (Å²) in [6.45, 7) is 11.6. The Kier molecular flexibility index (Phi) is 23.9. The fraction of sp³-hybridized carbons (Fsp3) is 0.824. The summed E-state index contributed by atoms with van der Waals surface area (Å²) in [6, 6.07) is 0. The van der Waals surface area contributed by atoms with Gasteiger partial charge in [-0.3, -0.25) is 4.79 Å². The molecule has 0 saturated heterocycles. The summed E-state index contributed by atoms with van der Waals surface area (Å²) in [5, 5.41) is 2.75. The Hall–Kier alpha value is -0.350. The van der Waals surface area contributed by atoms with Crippen LogP contribution in [0.25, 0.3) is 0 Å². The average molecular weight is 364 g/mol. The normalized spacial score (nSPS) is 9.19. The van der Waals surface area contributed by atoms with Gasteiger partial charge in [-0.05, 0) is 33.9 Å². The third kappa shape index (κ3) is 17.6. The number of halogens is 1. The molecule has 128 valence electrons. The lowest BCUT2D eigenvalue weighted by Gasteiger charge is -2.22. The number of carbonyl (C=O) groups excluding carboxylic acids is 1. The highest BCUT2D eigenvalue weighted by Gasteiger charge is 2.12. The van der Waals surface area contributed by atoms with Crippen molar-refractivity contribution in [2.45, 2.75) is 65.7 Å². The molecule has 3 nitrogen and oxygen atoms in total. The lowest BCUT2D eigenvalue weighted by Crippen LogP contribution is -3.00. The van der Waals surface area contributed by atoms with E-state index in [2.05, 4.69) is 25.7 Å². The zero-order valence-corrected chi connectivity index (χ0v) is 16.4. The van der Waals surface area contributed by atoms with E-state index in [1.165, 1.54) is 32.1 Å². The summed E-state index contributed by atoms with van der Waals surface area (Å²) < 4.78 is 0. The monoisotopic (exact) mass is 363 g/mol. The standard InChI is InChI=1S/C15H29NO.C2H7N.BrH/c1-5-7-8-9-10-11-13-16(12-6-2)15(17)14(3)4;1-3-2;/h3,5-13H2,1-2,4H3;3H,1-2H3;1H/p-1. The van der Waals surface area contributed by atoms with Gasteiger partial charge in [0.25, 0.3) is 0 Å². The first kappa shape index (κ1) is 25.6. The Labute approximate surface area is 143 Å². The van der Waals surface area contributed by atoms with Crippen LogP contribution in [0, 0.1) is 0 Å². The summed E-state index contributed by atoms with van der Waals surface area (Å²) in [4.78, 5) is 13.8. The Morgan fingerprint density at radius 2 is 1.43 bits per heavy atom. The van der Waals surface area contributed by atoms with Crippen molar-refractivity contribution in [2.24, 2.45) is 0 Å². The highest BCUT2D eigenvalue weighted by Crippen LogP contribution is 2.08. The van der Waals surface area contributed by atoms with Gasteiger partial charge in [0.05, 0.1) is 0 Å². The second kappa shape index (κ2) is 19.7. The predicted octanol–water partition coefficient (Wildman–Crippen LogP) is 1.00. The second-order valence-electron chi connectivity index (χ2n) is 5.34. The summed E-state index contributed by atoms with van der Waals surface area (Å²) >= 11 is 0. The molecule has 0 aromatic heterocycles. The maximum Gasteiger partial charge on any atom is 0.248 e. The molecule has 0 saturated carbocycles. The van der Waals surface area contributed by atoms with Crippen molar-refractivity contribution in [2.75, 3.05) is 27.2 Å². The molecular weight excluding hydrogens is 328 g/mol. The van der Waals surface area contributed by atoms with Gasteiger partial charge in [0.1, 0.15) is 0 Å². The van der Waals surface area contributed by atoms with Gasteiger partial charge >= 0.3 is 0 Å². The lowest BCUT2D eigenvalue weighted by molar-refractivity contribution is -0.127. The van der Waals surface area contributed by atoms with Crippen LogP contribution in [0.1, 0.15) is 65.7 Å². The zero-order valence-electron chi connectivity index (χ0n) is 14.8. The van der Waals surface area contributed by atoms with Gasteiger partial charge in [-0.25, -0.2) is 0 Å². The van der Waals surface area contributed by atoms with Gasteiger partial charge in [0.15, 0.2) is 0 Å². The predicted molar refractivity (Wildman–Crippen MR) is 90.0 cm³/mol. The van der Waals surface area contributed by atoms with E-state index in [0.29, 0.717) is 5.57 Å². The van der Waals surface area contributed by atoms with Gasteiger partial charge in [-0.15, -0.1) is 0 Å². The molecule has 1 amide bonds. The van der Waals surface area contributed by atoms with Crippen LogP contribution in [0.15, 0.2) is 12.2 Å². The van der Waals surface area contributed by atoms with E-state index >= 15 is 0 Å². The van der Waals surface area contributed by atoms with Crippen molar-refractivity contribution in [3.63, 3.8) is 0 Å². The smallest absolute Gasteiger partial charge is 0.248 e. The molecular formula is C17H36BrN2O-. The van der Waals surface area contributed by atoms with Gasteiger partial charge in [-0.1, -0.05) is 52.5 Å². The van der Waals surface area contributed by atoms with E-state index < -0.39 is 0 Å². The van der Waals surface area contributed by atoms with Crippen LogP contribution < -0.4 is 22.3 Å². The van der Waals surface area contributed by atoms with E-state index in [9.17, 15) is 4.79 Å². The Morgan fingerprint density at radius 1 is 0.952 bits per heavy atom. The molecule has 1 N–H and O–H groups in total. The van der Waals surface area contributed by atoms with E-state index in [-0.39, 0.29) is 22.9 Å². The largest absolute Gasteiger partial charge is 1.00 e. The van der Waals surface area contributed by atoms with Gasteiger partial charge < -0.3 is 27.2 Å². The first-order valence-electron chi connectivity index (χ1n) is 8.08. The van der Waals surface area contributed by atoms with E-state index in [1.807, 2.05) is 19.0 Å². The summed E-state index contributed by atoms with van der Waals surface area (Å²) in [7, 11) is 3.75. The molecule has 21 heavy (non-hydrogen) atoms. The number of hydrogen-bond acceptors (Lipinski definition) is 2. The van der Waals surface area contributed by atoms with Crippen molar-refractivity contribution < 1.29 is 21.8 Å². The number of hydrogen-bond donors (Lipinski definition) is 1. The van der Waals surface area contributed by atoms with E-state index in [1.54, 1.807) is 6.92 Å². The molecule has 0 heterocycles. The first-order valence-corrected chi connectivity index (χ1v) is 8.08. The molecule has 0 spiro atoms. The number of nitrogens with zero attached hydrogens (tertiary/aromatic N) is 1. The highest BCUT2D eigenvalue weighted by molar-refractivity contribution is 5.92. The van der Waals surface area contributed by atoms with Crippen LogP contribution in [0.4, 0.5) is 0 Å². The minimum Gasteiger partial charge on any atom is -1.00 e. The third-order valence-electron chi connectivity index (χ3n) is 2.93. The van der Waals surface area contributed by atoms with Crippen LogP contribution in [-0.2, 0) is 4.79 Å². The fourth-order valence-corrected chi connectivity index (χ4v) is 1.94. The minimum absolute atomic E-state index is 0. The van der Waals surface area contributed by atoms with Crippen molar-refractivity contribution in [3.05, 3.63) is 12.2 Å². The number of nitrogens with one attached hydrogen (secondary N) is 1. The molecule has 0 atom stereocenters. The minimum atomic E-state index is 0. The molecule has 0 bridgehead atoms. The number of amides is 1. The molecule has 0 aliphatic carbocycles. The Bertz CT molecular complexity index is 245. The van der Waals surface area contributed by atoms with Crippen molar-refractivity contribution in [3.8, 4) is 0 Å². The van der Waals surface area contributed by atoms with Crippen LogP contribution >= 0.6 is 0 Å². The number of carbonyl (C=O) groups is 1. The molecule has 0 unspecified atom stereocenters. The van der Waals surface area contributed by atoms with Crippen LogP contribution in [0.2, 0.25) is 0 Å². The lowest BCUT2D eigenvalue weighted by atomic mass is 10.1. The average Bonchev–Trinajstić information content (AvgIpc) is 2.41. The van der Waals surface area contributed by atoms with Crippen molar-refractivity contribution in [1.82, 2.24) is 10.2 Å². The Morgan fingerprint density at radius 3 is 1.86 bits per heavy atom. The molecule has 0 radical (unpaired) electrons. The molecule has 0 aliphatic heterocycles. The zero-order chi connectivity index (χ0) is 15.8. The second-order valence-corrected chi connectivity index (χ2v) is 5.34. The summed E-state index contributed by atoms with van der Waals surface area (Å²) in [5.74, 6) is 0.125. The molecule has 0 aliphatic rings. The van der Waals surface area contributed by atoms with E-state index in [0.717, 1.165) is 25.9 Å². The SMILES string of the molecule is C=C(C)C(=O)N(CCC)CCCCCCCC.CNC.[Br-]. The third-order valence-corrected chi connectivity index (χ3v) is 2.93. The fourth-order valence-electron chi connectivity index (χ4n) is 1.94. The summed E-state index contributed by atoms with van der Waals surface area (Å²) in [5.41, 5.74) is 0.657. The topological polar surface area (TPSA) is 32.3 Å². The molecule has 0 aromatic rings. The van der Waals surface area contributed by atoms with Crippen LogP contribution in [-0.4, -0.2) is 38.0 Å². The maximum absolute atomic E-state index is 11.8. The molecule has 0 rings (SSSR count). The van der Waals surface area contributed by atoms with Crippen molar-refractivity contribution >= 4 is 5.91 Å². The first-order chi connectivity index (χ1) is 9.54. The number of rotatable bonds is 10. The van der Waals surface area contributed by atoms with E-state index in [4.69, 9.17) is 0 Å². The maximum atomic E-state index is 11.8. The summed E-state index contributed by atoms with van der Waals surface area (Å²) in [6.07, 6.45) is 8.65. The Balaban J connectivity index is -0.000000740. The van der Waals surface area contributed by atoms with Crippen LogP contribution in [0.3, 0.4) is 0 Å². The molecule has 4 heteroatoms. The molecule has 0 fully saturated rings. The van der Waals surface area contributed by atoms with Gasteiger partial charge in [-0.2, -0.15) is 0 Å². The van der Waals surface area contributed by atoms with Gasteiger partial charge in [0.2, 0.25) is 5.91 Å². The quantitative estimate of drug-likeness (QED) is 0.463. The highest BCUT2D eigenvalue weighted by atomic mass is 79.9. The van der Waals surface area contributed by atoms with Crippen molar-refractivity contribution in [1.29, 1.82) is 0 Å². The van der Waals surface area contributed by atoms with Gasteiger partial charge in [0, 0.05) is 18.7 Å². The van der Waals surface area contributed by atoms with Crippen LogP contribution in [0.5, 0.6) is 0 Å². The molecule has 0 aromatic carbocycles.